The zero-order valence-electron chi connectivity index (χ0n) is 18.4. The number of rotatable bonds is 4. The normalized spacial score (nSPS) is 47.5. The van der Waals surface area contributed by atoms with Gasteiger partial charge in [-0.2, -0.15) is 0 Å². The van der Waals surface area contributed by atoms with Crippen LogP contribution in [0.5, 0.6) is 0 Å². The zero-order valence-corrected chi connectivity index (χ0v) is 18.4. The van der Waals surface area contributed by atoms with Crippen molar-refractivity contribution in [2.45, 2.75) is 108 Å². The van der Waals surface area contributed by atoms with Crippen molar-refractivity contribution in [2.24, 2.45) is 17.8 Å². The molecule has 0 radical (unpaired) electrons. The van der Waals surface area contributed by atoms with Gasteiger partial charge in [-0.15, -0.1) is 0 Å². The van der Waals surface area contributed by atoms with Crippen molar-refractivity contribution in [3.8, 4) is 0 Å². The quantitative estimate of drug-likeness (QED) is 0.559. The number of carbonyl (C=O) groups excluding carboxylic acids is 1. The van der Waals surface area contributed by atoms with Gasteiger partial charge in [-0.3, -0.25) is 4.79 Å². The molecule has 6 heteroatoms. The number of fused-ring (bicyclic) bond motifs is 1. The Bertz CT molecular complexity index is 737. The van der Waals surface area contributed by atoms with Crippen LogP contribution in [-0.4, -0.2) is 45.9 Å². The SMILES string of the molecule is [C-]#[N+]C(C)(C)[C@@H]1CC[C@](C)([C@H]2CC[C@](C)([N+]#[C-])[C@H]3CC[C@@](C)(O)[C@H](NC=O)C23)O1. The van der Waals surface area contributed by atoms with Crippen LogP contribution < -0.4 is 5.32 Å². The molecule has 1 saturated heterocycles. The Balaban J connectivity index is 1.99. The molecule has 1 aliphatic heterocycles. The second-order valence-electron chi connectivity index (χ2n) is 10.7. The minimum Gasteiger partial charge on any atom is -0.388 e. The van der Waals surface area contributed by atoms with E-state index in [4.69, 9.17) is 17.9 Å². The van der Waals surface area contributed by atoms with Crippen LogP contribution in [-0.2, 0) is 9.53 Å². The maximum absolute atomic E-state index is 11.4. The third-order valence-electron chi connectivity index (χ3n) is 8.38. The molecular formula is C23H35N3O3. The van der Waals surface area contributed by atoms with Gasteiger partial charge in [-0.05, 0) is 57.8 Å². The summed E-state index contributed by atoms with van der Waals surface area (Å²) in [5.41, 5.74) is -2.49. The summed E-state index contributed by atoms with van der Waals surface area (Å²) in [4.78, 5) is 19.3. The van der Waals surface area contributed by atoms with Crippen LogP contribution in [0.1, 0.15) is 73.1 Å². The summed E-state index contributed by atoms with van der Waals surface area (Å²) in [6, 6.07) is -0.404. The highest BCUT2D eigenvalue weighted by molar-refractivity contribution is 5.47. The maximum atomic E-state index is 11.4. The molecule has 2 N–H and O–H groups in total. The summed E-state index contributed by atoms with van der Waals surface area (Å²) in [5, 5.41) is 14.1. The van der Waals surface area contributed by atoms with Crippen LogP contribution in [0.2, 0.25) is 0 Å². The van der Waals surface area contributed by atoms with E-state index in [0.717, 1.165) is 32.1 Å². The Hall–Kier alpha value is -1.63. The summed E-state index contributed by atoms with van der Waals surface area (Å²) in [6.45, 7) is 25.2. The summed E-state index contributed by atoms with van der Waals surface area (Å²) < 4.78 is 6.60. The van der Waals surface area contributed by atoms with Gasteiger partial charge in [0.2, 0.25) is 11.9 Å². The lowest BCUT2D eigenvalue weighted by Crippen LogP contribution is -2.66. The van der Waals surface area contributed by atoms with Gasteiger partial charge in [0, 0.05) is 33.1 Å². The summed E-state index contributed by atoms with van der Waals surface area (Å²) >= 11 is 0. The van der Waals surface area contributed by atoms with E-state index in [2.05, 4.69) is 21.9 Å². The van der Waals surface area contributed by atoms with Gasteiger partial charge in [0.1, 0.15) is 6.10 Å². The summed E-state index contributed by atoms with van der Waals surface area (Å²) in [6.07, 6.45) is 5.23. The molecule has 160 valence electrons. The first kappa shape index (κ1) is 22.1. The monoisotopic (exact) mass is 401 g/mol. The number of amides is 1. The molecule has 3 rings (SSSR count). The Kier molecular flexibility index (Phi) is 5.52. The first-order chi connectivity index (χ1) is 13.4. The standard InChI is InChI=1S/C23H35N3O3/c1-20(2,24-6)17-10-13-23(5,29-17)16-8-11-21(3,25-7)15-9-12-22(4,28)19(18(15)16)26-14-27/h14-19,28H,8-13H2,1-5H3,(H,26,27)/t15-,16-,17-,18?,19+,21-,22+,23+/m0/s1. The number of carbonyl (C=O) groups is 1. The van der Waals surface area contributed by atoms with Crippen molar-refractivity contribution in [3.63, 3.8) is 0 Å². The fourth-order valence-electron chi connectivity index (χ4n) is 6.42. The molecule has 0 aromatic heterocycles. The van der Waals surface area contributed by atoms with Crippen LogP contribution >= 0.6 is 0 Å². The van der Waals surface area contributed by atoms with E-state index in [-0.39, 0.29) is 23.9 Å². The molecule has 3 aliphatic rings. The van der Waals surface area contributed by atoms with Crippen LogP contribution in [0.4, 0.5) is 0 Å². The average Bonchev–Trinajstić information content (AvgIpc) is 3.08. The van der Waals surface area contributed by atoms with Gasteiger partial charge in [0.05, 0.1) is 17.2 Å². The lowest BCUT2D eigenvalue weighted by molar-refractivity contribution is -0.160. The van der Waals surface area contributed by atoms with Gasteiger partial charge >= 0.3 is 0 Å². The Labute approximate surface area is 175 Å². The van der Waals surface area contributed by atoms with Gasteiger partial charge in [0.15, 0.2) is 0 Å². The second-order valence-corrected chi connectivity index (χ2v) is 10.7. The molecule has 1 unspecified atom stereocenters. The predicted octanol–water partition coefficient (Wildman–Crippen LogP) is 3.60. The Morgan fingerprint density at radius 2 is 1.76 bits per heavy atom. The fourth-order valence-corrected chi connectivity index (χ4v) is 6.42. The second kappa shape index (κ2) is 7.25. The Morgan fingerprint density at radius 1 is 1.10 bits per heavy atom. The van der Waals surface area contributed by atoms with Crippen LogP contribution in [0, 0.1) is 30.9 Å². The molecule has 3 fully saturated rings. The van der Waals surface area contributed by atoms with E-state index < -0.39 is 28.3 Å². The topological polar surface area (TPSA) is 67.3 Å². The molecule has 0 aromatic carbocycles. The number of ether oxygens (including phenoxy) is 1. The van der Waals surface area contributed by atoms with Crippen molar-refractivity contribution >= 4 is 6.41 Å². The molecule has 8 atom stereocenters. The molecule has 1 heterocycles. The van der Waals surface area contributed by atoms with Crippen LogP contribution in [0.15, 0.2) is 0 Å². The lowest BCUT2D eigenvalue weighted by atomic mass is 9.51. The highest BCUT2D eigenvalue weighted by atomic mass is 16.5. The molecule has 0 aromatic rings. The minimum atomic E-state index is -1.01. The third kappa shape index (κ3) is 3.56. The number of nitrogens with one attached hydrogen (secondary N) is 1. The maximum Gasteiger partial charge on any atom is 0.252 e. The third-order valence-corrected chi connectivity index (χ3v) is 8.38. The molecule has 0 spiro atoms. The molecular weight excluding hydrogens is 366 g/mol. The first-order valence-electron chi connectivity index (χ1n) is 10.8. The fraction of sp³-hybridized carbons (Fsp3) is 0.870. The first-order valence-corrected chi connectivity index (χ1v) is 10.8. The van der Waals surface area contributed by atoms with Crippen molar-refractivity contribution in [1.29, 1.82) is 0 Å². The van der Waals surface area contributed by atoms with E-state index in [1.54, 1.807) is 6.92 Å². The van der Waals surface area contributed by atoms with Crippen LogP contribution in [0.3, 0.4) is 0 Å². The van der Waals surface area contributed by atoms with Crippen molar-refractivity contribution < 1.29 is 14.6 Å². The number of hydrogen-bond acceptors (Lipinski definition) is 3. The van der Waals surface area contributed by atoms with E-state index >= 15 is 0 Å². The summed E-state index contributed by atoms with van der Waals surface area (Å²) in [7, 11) is 0. The van der Waals surface area contributed by atoms with Gasteiger partial charge in [-0.25, -0.2) is 13.1 Å². The van der Waals surface area contributed by atoms with Gasteiger partial charge < -0.3 is 24.9 Å². The van der Waals surface area contributed by atoms with E-state index in [1.165, 1.54) is 0 Å². The average molecular weight is 402 g/mol. The molecule has 0 bridgehead atoms. The number of hydrogen-bond donors (Lipinski definition) is 2. The van der Waals surface area contributed by atoms with E-state index in [0.29, 0.717) is 12.8 Å². The molecule has 29 heavy (non-hydrogen) atoms. The molecule has 2 saturated carbocycles. The van der Waals surface area contributed by atoms with Crippen molar-refractivity contribution in [1.82, 2.24) is 5.32 Å². The van der Waals surface area contributed by atoms with E-state index in [1.807, 2.05) is 20.8 Å². The predicted molar refractivity (Wildman–Crippen MR) is 111 cm³/mol. The van der Waals surface area contributed by atoms with E-state index in [9.17, 15) is 9.90 Å². The van der Waals surface area contributed by atoms with Crippen molar-refractivity contribution in [2.75, 3.05) is 0 Å². The minimum absolute atomic E-state index is 0.0309. The Morgan fingerprint density at radius 3 is 2.34 bits per heavy atom. The molecule has 6 nitrogen and oxygen atoms in total. The van der Waals surface area contributed by atoms with Gasteiger partial charge in [-0.1, -0.05) is 0 Å². The lowest BCUT2D eigenvalue weighted by Gasteiger charge is -2.56. The van der Waals surface area contributed by atoms with Crippen LogP contribution in [0.25, 0.3) is 9.69 Å². The molecule has 2 aliphatic carbocycles. The van der Waals surface area contributed by atoms with Gasteiger partial charge in [0.25, 0.3) is 5.54 Å². The largest absolute Gasteiger partial charge is 0.388 e. The highest BCUT2D eigenvalue weighted by Gasteiger charge is 2.64. The highest BCUT2D eigenvalue weighted by Crippen LogP contribution is 2.57. The number of aliphatic hydroxyl groups is 1. The smallest absolute Gasteiger partial charge is 0.252 e. The molecule has 1 amide bonds. The zero-order chi connectivity index (χ0) is 21.7. The summed E-state index contributed by atoms with van der Waals surface area (Å²) in [5.74, 6) is 0.194. The van der Waals surface area contributed by atoms with Crippen molar-refractivity contribution in [3.05, 3.63) is 22.8 Å². The number of nitrogens with zero attached hydrogens (tertiary/aromatic N) is 2.